The summed E-state index contributed by atoms with van der Waals surface area (Å²) in [4.78, 5) is 0. The van der Waals surface area contributed by atoms with Crippen LogP contribution < -0.4 is 5.73 Å². The Morgan fingerprint density at radius 2 is 1.88 bits per heavy atom. The van der Waals surface area contributed by atoms with Crippen molar-refractivity contribution >= 4 is 45.2 Å². The zero-order valence-electron chi connectivity index (χ0n) is 4.74. The summed E-state index contributed by atoms with van der Waals surface area (Å²) in [5.41, 5.74) is 5.31. The van der Waals surface area contributed by atoms with Crippen molar-refractivity contribution in [2.24, 2.45) is 5.73 Å². The van der Waals surface area contributed by atoms with Gasteiger partial charge in [-0.15, -0.1) is 0 Å². The highest BCUT2D eigenvalue weighted by atomic mass is 127. The summed E-state index contributed by atoms with van der Waals surface area (Å²) in [6, 6.07) is 0. The van der Waals surface area contributed by atoms with E-state index >= 15 is 0 Å². The predicted octanol–water partition coefficient (Wildman–Crippen LogP) is 2.31. The van der Waals surface area contributed by atoms with E-state index in [0.29, 0.717) is 0 Å². The van der Waals surface area contributed by atoms with Crippen LogP contribution in [0.15, 0.2) is 0 Å². The second-order valence-electron chi connectivity index (χ2n) is 1.68. The summed E-state index contributed by atoms with van der Waals surface area (Å²) >= 11 is 4.86. The highest BCUT2D eigenvalue weighted by molar-refractivity contribution is 14.2. The van der Waals surface area contributed by atoms with Gasteiger partial charge in [0.1, 0.15) is 0 Å². The minimum atomic E-state index is 0.789. The average Bonchev–Trinajstić information content (AvgIpc) is 1.66. The molecule has 0 aromatic carbocycles. The normalized spacial score (nSPS) is 10.5. The number of nitrogens with two attached hydrogens (primary N) is 1. The van der Waals surface area contributed by atoms with Crippen LogP contribution in [0.5, 0.6) is 0 Å². The van der Waals surface area contributed by atoms with Crippen LogP contribution in [0, 0.1) is 0 Å². The van der Waals surface area contributed by atoms with Crippen molar-refractivity contribution in [1.82, 2.24) is 0 Å². The van der Waals surface area contributed by atoms with E-state index < -0.39 is 0 Å². The summed E-state index contributed by atoms with van der Waals surface area (Å²) in [5.74, 6) is 0. The van der Waals surface area contributed by atoms with Gasteiger partial charge in [0.25, 0.3) is 0 Å². The van der Waals surface area contributed by atoms with Gasteiger partial charge in [-0.1, -0.05) is 51.6 Å². The van der Waals surface area contributed by atoms with Crippen molar-refractivity contribution in [3.05, 3.63) is 0 Å². The lowest BCUT2D eigenvalue weighted by Crippen LogP contribution is -1.98. The quantitative estimate of drug-likeness (QED) is 0.475. The van der Waals surface area contributed by atoms with Crippen molar-refractivity contribution in [2.75, 3.05) is 6.54 Å². The maximum atomic E-state index is 5.31. The Morgan fingerprint density at radius 1 is 1.25 bits per heavy atom. The zero-order valence-corrected chi connectivity index (χ0v) is 9.05. The molecule has 3 heteroatoms. The Hall–Kier alpha value is 1.42. The van der Waals surface area contributed by atoms with Crippen LogP contribution in [-0.2, 0) is 0 Å². The van der Waals surface area contributed by atoms with Gasteiger partial charge in [0.2, 0.25) is 0 Å². The van der Waals surface area contributed by atoms with Gasteiger partial charge in [-0.25, -0.2) is 0 Å². The van der Waals surface area contributed by atoms with Crippen LogP contribution in [0.2, 0.25) is 0 Å². The molecule has 0 saturated heterocycles. The lowest BCUT2D eigenvalue weighted by Gasteiger charge is -1.97. The molecule has 0 spiro atoms. The first-order valence-electron chi connectivity index (χ1n) is 2.75. The first-order chi connectivity index (χ1) is 3.77. The summed E-state index contributed by atoms with van der Waals surface area (Å²) < 4.78 is 0.789. The molecule has 0 aliphatic rings. The first-order valence-corrected chi connectivity index (χ1v) is 5.24. The van der Waals surface area contributed by atoms with Gasteiger partial charge in [0.15, 0.2) is 0 Å². The van der Waals surface area contributed by atoms with E-state index in [1.54, 1.807) is 0 Å². The van der Waals surface area contributed by atoms with Gasteiger partial charge >= 0.3 is 0 Å². The highest BCUT2D eigenvalue weighted by Gasteiger charge is 1.94. The number of unbranched alkanes of at least 4 members (excludes halogenated alkanes) is 1. The van der Waals surface area contributed by atoms with Crippen LogP contribution in [-0.4, -0.2) is 8.48 Å². The Bertz CT molecular complexity index is 47.7. The first kappa shape index (κ1) is 9.42. The molecule has 0 aromatic heterocycles. The number of hydrogen-bond acceptors (Lipinski definition) is 1. The van der Waals surface area contributed by atoms with Crippen molar-refractivity contribution in [3.63, 3.8) is 0 Å². The van der Waals surface area contributed by atoms with Crippen LogP contribution in [0.1, 0.15) is 19.3 Å². The molecule has 0 unspecified atom stereocenters. The second-order valence-corrected chi connectivity index (χ2v) is 7.07. The summed E-state index contributed by atoms with van der Waals surface area (Å²) in [5, 5.41) is 0. The fourth-order valence-corrected chi connectivity index (χ4v) is 1.32. The monoisotopic (exact) mass is 339 g/mol. The Labute approximate surface area is 78.1 Å². The zero-order chi connectivity index (χ0) is 6.41. The lowest BCUT2D eigenvalue weighted by atomic mass is 10.3. The Kier molecular flexibility index (Phi) is 7.70. The van der Waals surface area contributed by atoms with Gasteiger partial charge in [-0.2, -0.15) is 0 Å². The average molecular weight is 339 g/mol. The smallest absolute Gasteiger partial charge is 0.0626 e. The largest absolute Gasteiger partial charge is 0.330 e. The maximum absolute atomic E-state index is 5.31. The fraction of sp³-hybridized carbons (Fsp3) is 1.00. The van der Waals surface area contributed by atoms with Crippen LogP contribution in [0.3, 0.4) is 0 Å². The van der Waals surface area contributed by atoms with Crippen molar-refractivity contribution < 1.29 is 0 Å². The molecule has 2 N–H and O–H groups in total. The predicted molar refractivity (Wildman–Crippen MR) is 54.7 cm³/mol. The standard InChI is InChI=1S/C5H11I2N/c6-5(7)3-1-2-4-8/h5H,1-4,8H2. The fourth-order valence-electron chi connectivity index (χ4n) is 0.443. The second kappa shape index (κ2) is 6.54. The molecule has 0 fully saturated rings. The van der Waals surface area contributed by atoms with Gasteiger partial charge in [0.05, 0.1) is 1.93 Å². The topological polar surface area (TPSA) is 26.0 Å². The third-order valence-electron chi connectivity index (χ3n) is 0.876. The van der Waals surface area contributed by atoms with E-state index in [0.717, 1.165) is 8.48 Å². The minimum Gasteiger partial charge on any atom is -0.330 e. The van der Waals surface area contributed by atoms with E-state index in [1.165, 1.54) is 19.3 Å². The third-order valence-corrected chi connectivity index (χ3v) is 2.12. The van der Waals surface area contributed by atoms with E-state index in [1.807, 2.05) is 0 Å². The van der Waals surface area contributed by atoms with Gasteiger partial charge in [0, 0.05) is 0 Å². The van der Waals surface area contributed by atoms with Crippen LogP contribution >= 0.6 is 45.2 Å². The molecule has 1 nitrogen and oxygen atoms in total. The molecule has 0 aliphatic carbocycles. The van der Waals surface area contributed by atoms with Crippen molar-refractivity contribution in [2.45, 2.75) is 21.2 Å². The molecular weight excluding hydrogens is 328 g/mol. The van der Waals surface area contributed by atoms with Gasteiger partial charge in [-0.05, 0) is 19.4 Å². The highest BCUT2D eigenvalue weighted by Crippen LogP contribution is 2.16. The van der Waals surface area contributed by atoms with Crippen LogP contribution in [0.4, 0.5) is 0 Å². The van der Waals surface area contributed by atoms with Gasteiger partial charge in [-0.3, -0.25) is 0 Å². The molecule has 0 bridgehead atoms. The molecule has 8 heavy (non-hydrogen) atoms. The molecule has 0 heterocycles. The summed E-state index contributed by atoms with van der Waals surface area (Å²) in [6.07, 6.45) is 3.77. The number of rotatable bonds is 4. The van der Waals surface area contributed by atoms with Crippen molar-refractivity contribution in [1.29, 1.82) is 0 Å². The summed E-state index contributed by atoms with van der Waals surface area (Å²) in [6.45, 7) is 0.847. The van der Waals surface area contributed by atoms with E-state index in [2.05, 4.69) is 45.2 Å². The maximum Gasteiger partial charge on any atom is 0.0626 e. The van der Waals surface area contributed by atoms with E-state index in [-0.39, 0.29) is 0 Å². The third kappa shape index (κ3) is 7.42. The lowest BCUT2D eigenvalue weighted by molar-refractivity contribution is 0.732. The Balaban J connectivity index is 2.72. The number of halogens is 2. The minimum absolute atomic E-state index is 0.789. The molecule has 0 rings (SSSR count). The molecular formula is C5H11I2N. The number of alkyl halides is 2. The number of hydrogen-bond donors (Lipinski definition) is 1. The van der Waals surface area contributed by atoms with E-state index in [9.17, 15) is 0 Å². The van der Waals surface area contributed by atoms with Crippen LogP contribution in [0.25, 0.3) is 0 Å². The van der Waals surface area contributed by atoms with Gasteiger partial charge < -0.3 is 5.73 Å². The van der Waals surface area contributed by atoms with Crippen molar-refractivity contribution in [3.8, 4) is 0 Å². The van der Waals surface area contributed by atoms with E-state index in [4.69, 9.17) is 5.73 Å². The SMILES string of the molecule is NCCCCC(I)I. The molecule has 50 valence electrons. The Morgan fingerprint density at radius 3 is 2.25 bits per heavy atom. The summed E-state index contributed by atoms with van der Waals surface area (Å²) in [7, 11) is 0. The molecule has 0 aliphatic heterocycles. The molecule has 0 atom stereocenters. The molecule has 0 radical (unpaired) electrons. The molecule has 0 aromatic rings. The molecule has 0 saturated carbocycles. The molecule has 0 amide bonds.